The zero-order chi connectivity index (χ0) is 78.0. The SMILES string of the molecule is CC[C@H](NC(=O)C(C[C@H](C)CCCCCCNCc1ccc(C(=O)OC)cc1)N(C)C(=O)CC(C)C)C(=O)N(C)[C@H](CSCCCCO)C(=O)N(C)[C@@H](CC(C)C)C(=O)N[C@H](C(=O)N(C)[C@@H](CC(C)C)C(=O)N[C@H](C)C(=O)N(N)C(C)C(=O)N(C)[C@@H](CC(C)C)C(=O)N(C)CC(=O)NC)C(C)C. The fourth-order valence-electron chi connectivity index (χ4n) is 11.8. The number of hydrogen-bond acceptors (Lipinski definition) is 17. The third-order valence-electron chi connectivity index (χ3n) is 18.4. The van der Waals surface area contributed by atoms with Crippen LogP contribution < -0.4 is 32.4 Å². The van der Waals surface area contributed by atoms with E-state index in [9.17, 15) is 57.8 Å². The monoisotopic (exact) mass is 1460 g/mol. The molecule has 28 heteroatoms. The second kappa shape index (κ2) is 47.4. The molecule has 1 rings (SSSR count). The fourth-order valence-corrected chi connectivity index (χ4v) is 13.0. The predicted molar refractivity (Wildman–Crippen MR) is 399 cm³/mol. The van der Waals surface area contributed by atoms with Crippen LogP contribution in [-0.2, 0) is 64.0 Å². The molecule has 2 unspecified atom stereocenters. The van der Waals surface area contributed by atoms with E-state index in [1.807, 2.05) is 67.5 Å². The summed E-state index contributed by atoms with van der Waals surface area (Å²) in [5.74, 6) is -0.569. The van der Waals surface area contributed by atoms with Crippen molar-refractivity contribution in [3.05, 3.63) is 35.4 Å². The molecule has 0 saturated carbocycles. The lowest BCUT2D eigenvalue weighted by Gasteiger charge is -2.38. The van der Waals surface area contributed by atoms with Gasteiger partial charge >= 0.3 is 5.97 Å². The normalized spacial score (nSPS) is 14.4. The van der Waals surface area contributed by atoms with Crippen LogP contribution in [0.2, 0.25) is 0 Å². The van der Waals surface area contributed by atoms with Gasteiger partial charge in [-0.15, -0.1) is 0 Å². The van der Waals surface area contributed by atoms with Crippen molar-refractivity contribution >= 4 is 82.7 Å². The van der Waals surface area contributed by atoms with Gasteiger partial charge in [0.1, 0.15) is 54.4 Å². The molecule has 102 heavy (non-hydrogen) atoms. The standard InChI is InChI=1S/C74H131N13O14S/c1-23-56(79-66(92)59(82(17)63(90)41-49(8)9)42-51(12)30-26-24-25-27-35-77-43-54-31-33-55(34-32-54)74(100)101-22)70(96)86(21)61(45-102-37-29-28-36-88)72(98)83(18)58(39-47(4)5)67(93)80-64(50(10)11)73(99)84(19)57(38-46(2)3)65(91)78-52(13)68(94)87(75)53(14)69(95)85(20)60(40-48(6)7)71(97)81(16)44-62(89)76-15/h31-34,46-53,56-61,64,77,88H,23-30,35-45,75H2,1-22H3,(H,76,89)(H,78,91)(H,79,92)(H,80,93)/t51-,52-,53?,56+,57+,58+,59?,60+,61-,64+/m1/s1. The first-order chi connectivity index (χ1) is 47.7. The lowest BCUT2D eigenvalue weighted by Crippen LogP contribution is -2.62. The number of esters is 1. The molecule has 0 aliphatic rings. The van der Waals surface area contributed by atoms with E-state index in [-0.39, 0.29) is 92.5 Å². The number of unbranched alkanes of at least 4 members (excludes halogenated alkanes) is 4. The zero-order valence-corrected chi connectivity index (χ0v) is 66.6. The van der Waals surface area contributed by atoms with Gasteiger partial charge in [0.2, 0.25) is 59.1 Å². The van der Waals surface area contributed by atoms with E-state index >= 15 is 4.79 Å². The highest BCUT2D eigenvalue weighted by molar-refractivity contribution is 7.99. The van der Waals surface area contributed by atoms with Crippen molar-refractivity contribution < 1.29 is 67.4 Å². The Hall–Kier alpha value is -6.91. The summed E-state index contributed by atoms with van der Waals surface area (Å²) in [4.78, 5) is 176. The van der Waals surface area contributed by atoms with E-state index in [2.05, 4.69) is 33.5 Å². The van der Waals surface area contributed by atoms with Crippen LogP contribution >= 0.6 is 11.8 Å². The maximum absolute atomic E-state index is 15.2. The zero-order valence-electron chi connectivity index (χ0n) is 65.8. The molecule has 0 aliphatic carbocycles. The lowest BCUT2D eigenvalue weighted by atomic mass is 9.93. The van der Waals surface area contributed by atoms with E-state index in [1.165, 1.54) is 104 Å². The summed E-state index contributed by atoms with van der Waals surface area (Å²) >= 11 is 1.40. The Labute approximate surface area is 614 Å². The van der Waals surface area contributed by atoms with Gasteiger partial charge in [0.05, 0.1) is 19.2 Å². The number of rotatable bonds is 48. The Kier molecular flexibility index (Phi) is 43.3. The van der Waals surface area contributed by atoms with Crippen LogP contribution in [0.25, 0.3) is 0 Å². The highest BCUT2D eigenvalue weighted by Crippen LogP contribution is 2.24. The van der Waals surface area contributed by atoms with Crippen LogP contribution in [0.1, 0.15) is 196 Å². The Morgan fingerprint density at radius 1 is 0.549 bits per heavy atom. The molecule has 11 amide bonds. The van der Waals surface area contributed by atoms with Gasteiger partial charge in [-0.3, -0.25) is 57.7 Å². The van der Waals surface area contributed by atoms with Gasteiger partial charge in [0, 0.05) is 74.7 Å². The Morgan fingerprint density at radius 2 is 1.06 bits per heavy atom. The number of nitrogens with two attached hydrogens (primary N) is 1. The summed E-state index contributed by atoms with van der Waals surface area (Å²) in [6.07, 6.45) is 6.99. The van der Waals surface area contributed by atoms with E-state index in [0.717, 1.165) is 44.2 Å². The summed E-state index contributed by atoms with van der Waals surface area (Å²) in [6.45, 7) is 26.3. The number of carbonyl (C=O) groups is 12. The van der Waals surface area contributed by atoms with E-state index in [1.54, 1.807) is 40.0 Å². The molecular weight excluding hydrogens is 1330 g/mol. The van der Waals surface area contributed by atoms with Gasteiger partial charge in [0.25, 0.3) is 5.91 Å². The van der Waals surface area contributed by atoms with Crippen LogP contribution in [0.3, 0.4) is 0 Å². The number of hydrogen-bond donors (Lipinski definition) is 7. The largest absolute Gasteiger partial charge is 0.465 e. The Balaban J connectivity index is 3.50. The molecule has 0 aromatic heterocycles. The molecular formula is C74H131N13O14S. The number of ether oxygens (including phenoxy) is 1. The van der Waals surface area contributed by atoms with Crippen molar-refractivity contribution in [2.75, 3.05) is 87.6 Å². The first-order valence-electron chi connectivity index (χ1n) is 36.6. The Morgan fingerprint density at radius 3 is 1.58 bits per heavy atom. The molecule has 582 valence electrons. The molecule has 0 spiro atoms. The average Bonchev–Trinajstić information content (AvgIpc) is 0.822. The third-order valence-corrected chi connectivity index (χ3v) is 19.5. The van der Waals surface area contributed by atoms with Crippen LogP contribution in [0.15, 0.2) is 24.3 Å². The molecule has 0 saturated heterocycles. The van der Waals surface area contributed by atoms with Crippen molar-refractivity contribution in [3.63, 3.8) is 0 Å². The number of hydrazine groups is 1. The second-order valence-electron chi connectivity index (χ2n) is 29.5. The summed E-state index contributed by atoms with van der Waals surface area (Å²) in [6, 6.07) is -3.11. The van der Waals surface area contributed by atoms with Crippen molar-refractivity contribution in [1.29, 1.82) is 0 Å². The Bertz CT molecular complexity index is 2830. The van der Waals surface area contributed by atoms with E-state index in [4.69, 9.17) is 10.6 Å². The molecule has 10 atom stereocenters. The van der Waals surface area contributed by atoms with Crippen LogP contribution in [0, 0.1) is 35.5 Å². The highest BCUT2D eigenvalue weighted by atomic mass is 32.2. The quantitative estimate of drug-likeness (QED) is 0.0145. The minimum Gasteiger partial charge on any atom is -0.465 e. The predicted octanol–water partition coefficient (Wildman–Crippen LogP) is 5.20. The fraction of sp³-hybridized carbons (Fsp3) is 0.757. The minimum atomic E-state index is -1.32. The van der Waals surface area contributed by atoms with Gasteiger partial charge in [-0.05, 0) is 131 Å². The first-order valence-corrected chi connectivity index (χ1v) is 37.7. The number of amides is 11. The van der Waals surface area contributed by atoms with E-state index in [0.29, 0.717) is 42.1 Å². The topological polar surface area (TPSA) is 343 Å². The molecule has 8 N–H and O–H groups in total. The molecule has 27 nitrogen and oxygen atoms in total. The number of aliphatic hydroxyl groups excluding tert-OH is 1. The smallest absolute Gasteiger partial charge is 0.337 e. The highest BCUT2D eigenvalue weighted by Gasteiger charge is 2.42. The molecule has 0 aliphatic heterocycles. The number of benzene rings is 1. The van der Waals surface area contributed by atoms with Crippen molar-refractivity contribution in [1.82, 2.24) is 61.0 Å². The molecule has 0 heterocycles. The summed E-state index contributed by atoms with van der Waals surface area (Å²) in [5.41, 5.74) is 1.56. The van der Waals surface area contributed by atoms with Crippen LogP contribution in [0.5, 0.6) is 0 Å². The minimum absolute atomic E-state index is 0.0240. The number of nitrogens with one attached hydrogen (secondary N) is 5. The summed E-state index contributed by atoms with van der Waals surface area (Å²) < 4.78 is 4.79. The summed E-state index contributed by atoms with van der Waals surface area (Å²) in [5, 5.41) is 24.8. The maximum atomic E-state index is 15.2. The second-order valence-corrected chi connectivity index (χ2v) is 30.7. The van der Waals surface area contributed by atoms with Crippen LogP contribution in [0.4, 0.5) is 0 Å². The number of carbonyl (C=O) groups excluding carboxylic acids is 12. The molecule has 0 bridgehead atoms. The van der Waals surface area contributed by atoms with Gasteiger partial charge in [-0.2, -0.15) is 11.8 Å². The number of methoxy groups -OCH3 is 1. The molecule has 1 aromatic carbocycles. The van der Waals surface area contributed by atoms with Crippen molar-refractivity contribution in [3.8, 4) is 0 Å². The molecule has 0 fully saturated rings. The first kappa shape index (κ1) is 93.1. The van der Waals surface area contributed by atoms with Gasteiger partial charge in [0.15, 0.2) is 0 Å². The summed E-state index contributed by atoms with van der Waals surface area (Å²) in [7, 11) is 11.7. The maximum Gasteiger partial charge on any atom is 0.337 e. The van der Waals surface area contributed by atoms with Crippen molar-refractivity contribution in [2.24, 2.45) is 41.4 Å². The molecule has 1 aromatic rings. The molecule has 0 radical (unpaired) electrons. The van der Waals surface area contributed by atoms with Gasteiger partial charge < -0.3 is 65.8 Å². The van der Waals surface area contributed by atoms with Crippen molar-refractivity contribution in [2.45, 2.75) is 241 Å². The number of nitrogens with zero attached hydrogens (tertiary/aromatic N) is 7. The van der Waals surface area contributed by atoms with Gasteiger partial charge in [-0.1, -0.05) is 121 Å². The number of aliphatic hydroxyl groups is 1. The number of thioether (sulfide) groups is 1. The number of likely N-dealkylation sites (N-methyl/N-ethyl adjacent to an activating group) is 7. The van der Waals surface area contributed by atoms with Gasteiger partial charge in [-0.25, -0.2) is 10.6 Å². The third kappa shape index (κ3) is 31.2. The van der Waals surface area contributed by atoms with E-state index < -0.39 is 119 Å². The van der Waals surface area contributed by atoms with Crippen LogP contribution in [-0.4, -0.2) is 252 Å². The lowest BCUT2D eigenvalue weighted by molar-refractivity contribution is -0.152. The average molecular weight is 1460 g/mol.